The van der Waals surface area contributed by atoms with Crippen molar-refractivity contribution < 1.29 is 0 Å². The third kappa shape index (κ3) is 5.00. The minimum absolute atomic E-state index is 0.732. The molecule has 3 heteroatoms. The Morgan fingerprint density at radius 2 is 2.22 bits per heavy atom. The van der Waals surface area contributed by atoms with Crippen molar-refractivity contribution in [2.45, 2.75) is 13.8 Å². The second-order valence-corrected chi connectivity index (χ2v) is 1.90. The summed E-state index contributed by atoms with van der Waals surface area (Å²) in [5, 5.41) is 9.30. The first kappa shape index (κ1) is 8.14. The molecule has 0 bridgehead atoms. The lowest BCUT2D eigenvalue weighted by atomic mass is 10.6. The summed E-state index contributed by atoms with van der Waals surface area (Å²) in [6.45, 7) is 8.27. The van der Waals surface area contributed by atoms with Gasteiger partial charge in [-0.25, -0.2) is 0 Å². The zero-order chi connectivity index (χ0) is 7.28. The first-order valence-corrected chi connectivity index (χ1v) is 2.95. The maximum Gasteiger partial charge on any atom is 0.0545 e. The van der Waals surface area contributed by atoms with Crippen LogP contribution in [-0.2, 0) is 0 Å². The van der Waals surface area contributed by atoms with E-state index in [4.69, 9.17) is 0 Å². The molecule has 0 saturated carbocycles. The maximum absolute atomic E-state index is 3.80. The van der Waals surface area contributed by atoms with Gasteiger partial charge in [0.1, 0.15) is 0 Å². The molecule has 0 aliphatic heterocycles. The van der Waals surface area contributed by atoms with Crippen LogP contribution in [0.25, 0.3) is 0 Å². The summed E-state index contributed by atoms with van der Waals surface area (Å²) < 4.78 is 0. The lowest BCUT2D eigenvalue weighted by Crippen LogP contribution is -2.07. The van der Waals surface area contributed by atoms with Gasteiger partial charge in [-0.3, -0.25) is 5.01 Å². The van der Waals surface area contributed by atoms with Crippen LogP contribution in [0.5, 0.6) is 0 Å². The average molecular weight is 127 g/mol. The summed E-state index contributed by atoms with van der Waals surface area (Å²) >= 11 is 0. The van der Waals surface area contributed by atoms with E-state index in [0.717, 1.165) is 12.2 Å². The molecule has 0 N–H and O–H groups in total. The lowest BCUT2D eigenvalue weighted by molar-refractivity contribution is 0.349. The lowest BCUT2D eigenvalue weighted by Gasteiger charge is -2.04. The minimum Gasteiger partial charge on any atom is -0.282 e. The van der Waals surface area contributed by atoms with Crippen LogP contribution in [0.2, 0.25) is 0 Å². The highest BCUT2D eigenvalue weighted by molar-refractivity contribution is 4.81. The van der Waals surface area contributed by atoms with E-state index in [2.05, 4.69) is 16.9 Å². The first-order valence-electron chi connectivity index (χ1n) is 2.95. The number of allylic oxidation sites excluding steroid dienone is 1. The van der Waals surface area contributed by atoms with E-state index in [1.54, 1.807) is 5.01 Å². The van der Waals surface area contributed by atoms with Crippen LogP contribution in [0.15, 0.2) is 22.6 Å². The summed E-state index contributed by atoms with van der Waals surface area (Å²) in [6, 6.07) is 0. The van der Waals surface area contributed by atoms with Crippen molar-refractivity contribution >= 4 is 0 Å². The SMILES string of the molecule is C=C(C)N=NN(C)CC. The number of rotatable bonds is 3. The van der Waals surface area contributed by atoms with Gasteiger partial charge in [0.25, 0.3) is 0 Å². The van der Waals surface area contributed by atoms with Crippen molar-refractivity contribution in [2.24, 2.45) is 10.3 Å². The van der Waals surface area contributed by atoms with E-state index in [-0.39, 0.29) is 0 Å². The molecular formula is C6H13N3. The van der Waals surface area contributed by atoms with Gasteiger partial charge in [-0.05, 0) is 13.8 Å². The highest BCUT2D eigenvalue weighted by atomic mass is 15.5. The maximum atomic E-state index is 3.80. The molecule has 0 aliphatic carbocycles. The van der Waals surface area contributed by atoms with E-state index in [1.807, 2.05) is 20.9 Å². The van der Waals surface area contributed by atoms with Gasteiger partial charge in [0.2, 0.25) is 0 Å². The van der Waals surface area contributed by atoms with Gasteiger partial charge >= 0.3 is 0 Å². The molecule has 0 aromatic carbocycles. The van der Waals surface area contributed by atoms with Crippen molar-refractivity contribution in [3.05, 3.63) is 12.3 Å². The van der Waals surface area contributed by atoms with Gasteiger partial charge in [-0.1, -0.05) is 11.8 Å². The van der Waals surface area contributed by atoms with Gasteiger partial charge in [-0.2, -0.15) is 0 Å². The van der Waals surface area contributed by atoms with E-state index < -0.39 is 0 Å². The van der Waals surface area contributed by atoms with E-state index in [1.165, 1.54) is 0 Å². The molecule has 0 radical (unpaired) electrons. The minimum atomic E-state index is 0.732. The fourth-order valence-corrected chi connectivity index (χ4v) is 0.216. The average Bonchev–Trinajstić information content (AvgIpc) is 1.83. The molecule has 0 fully saturated rings. The highest BCUT2D eigenvalue weighted by Crippen LogP contribution is 1.91. The van der Waals surface area contributed by atoms with Crippen molar-refractivity contribution in [3.63, 3.8) is 0 Å². The standard InChI is InChI=1S/C6H13N3/c1-5-9(4)8-7-6(2)3/h2,5H2,1,3-4H3. The summed E-state index contributed by atoms with van der Waals surface area (Å²) in [5.74, 6) is 0. The Morgan fingerprint density at radius 1 is 1.67 bits per heavy atom. The van der Waals surface area contributed by atoms with Gasteiger partial charge in [0, 0.05) is 13.6 Å². The van der Waals surface area contributed by atoms with Crippen LogP contribution in [0.3, 0.4) is 0 Å². The Kier molecular flexibility index (Phi) is 3.67. The van der Waals surface area contributed by atoms with E-state index in [0.29, 0.717) is 0 Å². The molecule has 0 heterocycles. The van der Waals surface area contributed by atoms with Crippen LogP contribution >= 0.6 is 0 Å². The molecule has 0 aliphatic rings. The largest absolute Gasteiger partial charge is 0.282 e. The molecule has 0 rings (SSSR count). The predicted molar refractivity (Wildman–Crippen MR) is 38.0 cm³/mol. The molecule has 0 unspecified atom stereocenters. The van der Waals surface area contributed by atoms with Gasteiger partial charge in [-0.15, -0.1) is 5.11 Å². The van der Waals surface area contributed by atoms with Gasteiger partial charge in [0.05, 0.1) is 5.70 Å². The van der Waals surface area contributed by atoms with Crippen LogP contribution < -0.4 is 0 Å². The Bertz CT molecular complexity index is 117. The number of hydrogen-bond acceptors (Lipinski definition) is 2. The Labute approximate surface area is 56.1 Å². The topological polar surface area (TPSA) is 28.0 Å². The quantitative estimate of drug-likeness (QED) is 0.420. The fourth-order valence-electron chi connectivity index (χ4n) is 0.216. The van der Waals surface area contributed by atoms with Gasteiger partial charge < -0.3 is 0 Å². The summed E-state index contributed by atoms with van der Waals surface area (Å²) in [4.78, 5) is 0. The fraction of sp³-hybridized carbons (Fsp3) is 0.667. The molecule has 0 amide bonds. The third-order valence-corrected chi connectivity index (χ3v) is 0.826. The van der Waals surface area contributed by atoms with Crippen molar-refractivity contribution in [2.75, 3.05) is 13.6 Å². The molecule has 52 valence electrons. The van der Waals surface area contributed by atoms with E-state index >= 15 is 0 Å². The van der Waals surface area contributed by atoms with Crippen LogP contribution in [-0.4, -0.2) is 18.6 Å². The molecule has 0 aromatic heterocycles. The van der Waals surface area contributed by atoms with Crippen molar-refractivity contribution in [3.8, 4) is 0 Å². The third-order valence-electron chi connectivity index (χ3n) is 0.826. The Morgan fingerprint density at radius 3 is 2.56 bits per heavy atom. The molecule has 9 heavy (non-hydrogen) atoms. The zero-order valence-electron chi connectivity index (χ0n) is 6.26. The Balaban J connectivity index is 3.56. The van der Waals surface area contributed by atoms with Crippen molar-refractivity contribution in [1.29, 1.82) is 0 Å². The van der Waals surface area contributed by atoms with Gasteiger partial charge in [0.15, 0.2) is 0 Å². The van der Waals surface area contributed by atoms with Crippen LogP contribution in [0.4, 0.5) is 0 Å². The monoisotopic (exact) mass is 127 g/mol. The normalized spacial score (nSPS) is 10.1. The summed E-state index contributed by atoms with van der Waals surface area (Å²) in [6.07, 6.45) is 0. The van der Waals surface area contributed by atoms with Crippen LogP contribution in [0, 0.1) is 0 Å². The number of nitrogens with zero attached hydrogens (tertiary/aromatic N) is 3. The summed E-state index contributed by atoms with van der Waals surface area (Å²) in [7, 11) is 1.87. The second-order valence-electron chi connectivity index (χ2n) is 1.90. The predicted octanol–water partition coefficient (Wildman–Crippen LogP) is 1.84. The Hall–Kier alpha value is -0.860. The molecular weight excluding hydrogens is 114 g/mol. The second kappa shape index (κ2) is 4.06. The van der Waals surface area contributed by atoms with Crippen LogP contribution in [0.1, 0.15) is 13.8 Å². The smallest absolute Gasteiger partial charge is 0.0545 e. The summed E-state index contributed by atoms with van der Waals surface area (Å²) in [5.41, 5.74) is 0.732. The molecule has 0 aromatic rings. The first-order chi connectivity index (χ1) is 4.16. The molecule has 0 saturated heterocycles. The molecule has 0 spiro atoms. The number of hydrogen-bond donors (Lipinski definition) is 0. The molecule has 3 nitrogen and oxygen atoms in total. The van der Waals surface area contributed by atoms with Crippen molar-refractivity contribution in [1.82, 2.24) is 5.01 Å². The zero-order valence-corrected chi connectivity index (χ0v) is 6.26. The molecule has 0 atom stereocenters. The van der Waals surface area contributed by atoms with E-state index in [9.17, 15) is 0 Å². The highest BCUT2D eigenvalue weighted by Gasteiger charge is 1.82.